The van der Waals surface area contributed by atoms with Crippen LogP contribution in [0.4, 0.5) is 0 Å². The molecular formula is C17H20N2O2. The zero-order valence-electron chi connectivity index (χ0n) is 12.4. The molecule has 0 spiro atoms. The second-order valence-electron chi connectivity index (χ2n) is 5.92. The van der Waals surface area contributed by atoms with Crippen molar-refractivity contribution in [2.45, 2.75) is 45.2 Å². The molecule has 1 N–H and O–H groups in total. The van der Waals surface area contributed by atoms with Crippen LogP contribution < -0.4 is 0 Å². The summed E-state index contributed by atoms with van der Waals surface area (Å²) < 4.78 is 0. The first-order valence-electron chi connectivity index (χ1n) is 7.52. The molecule has 2 aromatic rings. The molecule has 1 fully saturated rings. The summed E-state index contributed by atoms with van der Waals surface area (Å²) in [5.41, 5.74) is 1.36. The van der Waals surface area contributed by atoms with E-state index in [2.05, 4.69) is 4.98 Å². The van der Waals surface area contributed by atoms with E-state index >= 15 is 0 Å². The predicted octanol–water partition coefficient (Wildman–Crippen LogP) is 3.14. The van der Waals surface area contributed by atoms with E-state index in [4.69, 9.17) is 0 Å². The fourth-order valence-electron chi connectivity index (χ4n) is 3.31. The molecule has 2 unspecified atom stereocenters. The fourth-order valence-corrected chi connectivity index (χ4v) is 3.31. The van der Waals surface area contributed by atoms with Crippen LogP contribution in [-0.4, -0.2) is 33.7 Å². The van der Waals surface area contributed by atoms with Gasteiger partial charge in [-0.15, -0.1) is 0 Å². The van der Waals surface area contributed by atoms with E-state index in [-0.39, 0.29) is 18.0 Å². The number of para-hydroxylation sites is 1. The summed E-state index contributed by atoms with van der Waals surface area (Å²) in [5.74, 6) is -0.785. The molecule has 1 saturated heterocycles. The number of likely N-dealkylation sites (tertiary alicyclic amines) is 1. The first-order chi connectivity index (χ1) is 10.1. The Kier molecular flexibility index (Phi) is 3.53. The number of ketones is 1. The maximum Gasteiger partial charge on any atom is 0.295 e. The smallest absolute Gasteiger partial charge is 0.295 e. The van der Waals surface area contributed by atoms with Crippen LogP contribution in [0.1, 0.15) is 43.5 Å². The lowest BCUT2D eigenvalue weighted by atomic mass is 9.96. The molecule has 0 bridgehead atoms. The third-order valence-corrected chi connectivity index (χ3v) is 4.46. The Labute approximate surface area is 124 Å². The number of H-pyrrole nitrogens is 1. The van der Waals surface area contributed by atoms with Crippen molar-refractivity contribution < 1.29 is 9.59 Å². The number of piperidine rings is 1. The van der Waals surface area contributed by atoms with E-state index in [1.807, 2.05) is 38.1 Å². The Bertz CT molecular complexity index is 679. The number of nitrogens with zero attached hydrogens (tertiary/aromatic N) is 1. The van der Waals surface area contributed by atoms with E-state index in [9.17, 15) is 9.59 Å². The van der Waals surface area contributed by atoms with Gasteiger partial charge in [0.05, 0.1) is 5.56 Å². The van der Waals surface area contributed by atoms with Crippen LogP contribution in [0, 0.1) is 0 Å². The largest absolute Gasteiger partial charge is 0.360 e. The first kappa shape index (κ1) is 13.9. The highest BCUT2D eigenvalue weighted by Crippen LogP contribution is 2.25. The zero-order chi connectivity index (χ0) is 15.0. The van der Waals surface area contributed by atoms with Gasteiger partial charge in [-0.1, -0.05) is 18.2 Å². The molecular weight excluding hydrogens is 264 g/mol. The normalized spacial score (nSPS) is 22.5. The number of carbonyl (C=O) groups is 2. The average Bonchev–Trinajstić information content (AvgIpc) is 2.90. The summed E-state index contributed by atoms with van der Waals surface area (Å²) in [5, 5.41) is 0.813. The number of nitrogens with one attached hydrogen (secondary N) is 1. The van der Waals surface area contributed by atoms with Crippen molar-refractivity contribution in [3.63, 3.8) is 0 Å². The molecule has 1 amide bonds. The highest BCUT2D eigenvalue weighted by Gasteiger charge is 2.33. The number of amides is 1. The Hall–Kier alpha value is -2.10. The van der Waals surface area contributed by atoms with Crippen LogP contribution >= 0.6 is 0 Å². The number of hydrogen-bond acceptors (Lipinski definition) is 2. The highest BCUT2D eigenvalue weighted by molar-refractivity contribution is 6.45. The summed E-state index contributed by atoms with van der Waals surface area (Å²) >= 11 is 0. The number of benzene rings is 1. The summed E-state index contributed by atoms with van der Waals surface area (Å²) in [7, 11) is 0. The number of Topliss-reactive ketones (excluding diaryl/α,β-unsaturated/α-hetero) is 1. The molecule has 4 heteroatoms. The number of hydrogen-bond donors (Lipinski definition) is 1. The minimum absolute atomic E-state index is 0.135. The number of rotatable bonds is 2. The maximum absolute atomic E-state index is 12.6. The molecule has 3 rings (SSSR count). The molecule has 4 nitrogen and oxygen atoms in total. The summed E-state index contributed by atoms with van der Waals surface area (Å²) in [4.78, 5) is 30.0. The lowest BCUT2D eigenvalue weighted by molar-refractivity contribution is -0.132. The van der Waals surface area contributed by atoms with Gasteiger partial charge in [0.25, 0.3) is 11.7 Å². The van der Waals surface area contributed by atoms with Gasteiger partial charge < -0.3 is 9.88 Å². The molecule has 110 valence electrons. The Morgan fingerprint density at radius 2 is 1.81 bits per heavy atom. The minimum atomic E-state index is -0.409. The second kappa shape index (κ2) is 5.35. The Balaban J connectivity index is 1.92. The van der Waals surface area contributed by atoms with E-state index in [0.717, 1.165) is 30.2 Å². The fraction of sp³-hybridized carbons (Fsp3) is 0.412. The van der Waals surface area contributed by atoms with Crippen molar-refractivity contribution in [2.24, 2.45) is 0 Å². The second-order valence-corrected chi connectivity index (χ2v) is 5.92. The maximum atomic E-state index is 12.6. The lowest BCUT2D eigenvalue weighted by Crippen LogP contribution is -2.50. The molecule has 21 heavy (non-hydrogen) atoms. The van der Waals surface area contributed by atoms with Crippen LogP contribution in [0.2, 0.25) is 0 Å². The lowest BCUT2D eigenvalue weighted by Gasteiger charge is -2.38. The van der Waals surface area contributed by atoms with Crippen LogP contribution in [0.3, 0.4) is 0 Å². The van der Waals surface area contributed by atoms with Gasteiger partial charge in [0.1, 0.15) is 0 Å². The van der Waals surface area contributed by atoms with Gasteiger partial charge in [0, 0.05) is 29.2 Å². The van der Waals surface area contributed by atoms with Crippen LogP contribution in [0.15, 0.2) is 30.5 Å². The van der Waals surface area contributed by atoms with Gasteiger partial charge in [-0.25, -0.2) is 0 Å². The number of aromatic amines is 1. The van der Waals surface area contributed by atoms with Gasteiger partial charge in [-0.3, -0.25) is 9.59 Å². The standard InChI is InChI=1S/C17H20N2O2/c1-11-6-5-7-12(2)19(11)17(21)16(20)14-10-18-15-9-4-3-8-13(14)15/h3-4,8-12,18H,5-7H2,1-2H3. The van der Waals surface area contributed by atoms with Gasteiger partial charge in [-0.2, -0.15) is 0 Å². The summed E-state index contributed by atoms with van der Waals surface area (Å²) in [6.07, 6.45) is 4.70. The van der Waals surface area contributed by atoms with Crippen molar-refractivity contribution in [2.75, 3.05) is 0 Å². The zero-order valence-corrected chi connectivity index (χ0v) is 12.4. The average molecular weight is 284 g/mol. The highest BCUT2D eigenvalue weighted by atomic mass is 16.2. The van der Waals surface area contributed by atoms with E-state index < -0.39 is 5.78 Å². The number of fused-ring (bicyclic) bond motifs is 1. The Morgan fingerprint density at radius 3 is 2.52 bits per heavy atom. The molecule has 1 aromatic heterocycles. The third-order valence-electron chi connectivity index (χ3n) is 4.46. The van der Waals surface area contributed by atoms with Crippen LogP contribution in [0.5, 0.6) is 0 Å². The molecule has 1 aromatic carbocycles. The first-order valence-corrected chi connectivity index (χ1v) is 7.52. The molecule has 1 aliphatic heterocycles. The topological polar surface area (TPSA) is 53.2 Å². The number of aromatic nitrogens is 1. The predicted molar refractivity (Wildman–Crippen MR) is 82.3 cm³/mol. The molecule has 0 aliphatic carbocycles. The minimum Gasteiger partial charge on any atom is -0.360 e. The summed E-state index contributed by atoms with van der Waals surface area (Å²) in [6.45, 7) is 4.05. The van der Waals surface area contributed by atoms with Gasteiger partial charge >= 0.3 is 0 Å². The van der Waals surface area contributed by atoms with Gasteiger partial charge in [0.2, 0.25) is 0 Å². The van der Waals surface area contributed by atoms with Crippen molar-refractivity contribution in [1.82, 2.24) is 9.88 Å². The van der Waals surface area contributed by atoms with Crippen LogP contribution in [0.25, 0.3) is 10.9 Å². The quantitative estimate of drug-likeness (QED) is 0.680. The van der Waals surface area contributed by atoms with Crippen molar-refractivity contribution in [3.05, 3.63) is 36.0 Å². The van der Waals surface area contributed by atoms with Crippen LogP contribution in [-0.2, 0) is 4.79 Å². The molecule has 1 aliphatic rings. The van der Waals surface area contributed by atoms with Crippen molar-refractivity contribution >= 4 is 22.6 Å². The van der Waals surface area contributed by atoms with E-state index in [1.165, 1.54) is 0 Å². The Morgan fingerprint density at radius 1 is 1.14 bits per heavy atom. The van der Waals surface area contributed by atoms with E-state index in [0.29, 0.717) is 5.56 Å². The molecule has 0 saturated carbocycles. The van der Waals surface area contributed by atoms with Gasteiger partial charge in [0.15, 0.2) is 0 Å². The number of carbonyl (C=O) groups excluding carboxylic acids is 2. The monoisotopic (exact) mass is 284 g/mol. The third kappa shape index (κ3) is 2.35. The summed E-state index contributed by atoms with van der Waals surface area (Å²) in [6, 6.07) is 7.83. The van der Waals surface area contributed by atoms with Crippen molar-refractivity contribution in [3.8, 4) is 0 Å². The van der Waals surface area contributed by atoms with Gasteiger partial charge in [-0.05, 0) is 39.2 Å². The SMILES string of the molecule is CC1CCCC(C)N1C(=O)C(=O)c1c[nH]c2ccccc12. The van der Waals surface area contributed by atoms with Crippen molar-refractivity contribution in [1.29, 1.82) is 0 Å². The molecule has 0 radical (unpaired) electrons. The molecule has 2 atom stereocenters. The van der Waals surface area contributed by atoms with E-state index in [1.54, 1.807) is 11.1 Å². The molecule has 2 heterocycles.